The SMILES string of the molecule is CC[C@H](C)[C@H](NC(=O)[C@@H]1CCCN1C(=O)[C@@H]1CCCN1C(=O)[C@@H](NC(=O)[C@H](CO)NC(=O)[C@H](C)NC(=O)[C@@H](NC(=O)[C@H](CS)NC(=O)[C@@H](N)Cc1ccc(O)cc1)[C@@H](C)O)[C@@H](C)CC)C(=O)N[C@@H](CS)C(=O)N[C@@H](CCC(N)=O)C(=O)O. The summed E-state index contributed by atoms with van der Waals surface area (Å²) in [6.45, 7) is 8.55. The van der Waals surface area contributed by atoms with E-state index in [1.54, 1.807) is 39.8 Å². The van der Waals surface area contributed by atoms with Crippen LogP contribution in [-0.4, -0.2) is 205 Å². The smallest absolute Gasteiger partial charge is 0.326 e. The Kier molecular flexibility index (Phi) is 28.3. The minimum atomic E-state index is -1.68. The summed E-state index contributed by atoms with van der Waals surface area (Å²) < 4.78 is 0. The second-order valence-electron chi connectivity index (χ2n) is 20.7. The summed E-state index contributed by atoms with van der Waals surface area (Å²) in [5.74, 6) is -12.0. The molecular formula is C52H82N12O16S2. The third kappa shape index (κ3) is 20.0. The summed E-state index contributed by atoms with van der Waals surface area (Å²) in [5.41, 5.74) is 11.8. The number of carboxylic acids is 1. The van der Waals surface area contributed by atoms with Gasteiger partial charge in [-0.2, -0.15) is 25.3 Å². The fourth-order valence-corrected chi connectivity index (χ4v) is 9.60. The summed E-state index contributed by atoms with van der Waals surface area (Å²) in [5, 5.41) is 59.5. The number of nitrogens with one attached hydrogen (secondary N) is 8. The number of carboxylic acid groups (broad SMARTS) is 1. The highest BCUT2D eigenvalue weighted by Gasteiger charge is 2.46. The molecular weight excluding hydrogens is 1110 g/mol. The number of primary amides is 1. The first-order valence-electron chi connectivity index (χ1n) is 27.2. The normalized spacial score (nSPS) is 19.4. The first-order chi connectivity index (χ1) is 38.6. The van der Waals surface area contributed by atoms with Crippen LogP contribution in [0.1, 0.15) is 98.5 Å². The number of aliphatic hydroxyl groups excluding tert-OH is 2. The average molecular weight is 1200 g/mol. The number of aromatic hydroxyl groups is 1. The van der Waals surface area contributed by atoms with Crippen LogP contribution in [0.5, 0.6) is 5.75 Å². The van der Waals surface area contributed by atoms with Crippen LogP contribution in [0.4, 0.5) is 0 Å². The quantitative estimate of drug-likeness (QED) is 0.0304. The van der Waals surface area contributed by atoms with Crippen LogP contribution < -0.4 is 54.0 Å². The minimum Gasteiger partial charge on any atom is -0.508 e. The van der Waals surface area contributed by atoms with E-state index in [0.717, 1.165) is 0 Å². The van der Waals surface area contributed by atoms with Gasteiger partial charge in [-0.3, -0.25) is 52.7 Å². The number of rotatable bonds is 32. The molecule has 2 aliphatic rings. The molecule has 14 atom stereocenters. The van der Waals surface area contributed by atoms with Crippen molar-refractivity contribution in [2.45, 2.75) is 172 Å². The van der Waals surface area contributed by atoms with E-state index < -0.39 is 162 Å². The van der Waals surface area contributed by atoms with E-state index in [1.807, 2.05) is 0 Å². The van der Waals surface area contributed by atoms with E-state index in [4.69, 9.17) is 11.5 Å². The first-order valence-corrected chi connectivity index (χ1v) is 28.5. The maximum absolute atomic E-state index is 14.5. The zero-order valence-corrected chi connectivity index (χ0v) is 48.7. The van der Waals surface area contributed by atoms with Crippen molar-refractivity contribution in [3.05, 3.63) is 29.8 Å². The molecule has 11 amide bonds. The molecule has 0 bridgehead atoms. The number of amides is 11. The van der Waals surface area contributed by atoms with Crippen molar-refractivity contribution in [3.63, 3.8) is 0 Å². The van der Waals surface area contributed by atoms with Gasteiger partial charge >= 0.3 is 5.97 Å². The van der Waals surface area contributed by atoms with E-state index in [9.17, 15) is 78.0 Å². The molecule has 82 heavy (non-hydrogen) atoms. The Bertz CT molecular complexity index is 2440. The Labute approximate surface area is 486 Å². The number of carbonyl (C=O) groups is 12. The number of nitrogens with two attached hydrogens (primary N) is 2. The van der Waals surface area contributed by atoms with Gasteiger partial charge in [0.2, 0.25) is 65.0 Å². The van der Waals surface area contributed by atoms with E-state index in [-0.39, 0.29) is 62.4 Å². The van der Waals surface area contributed by atoms with E-state index >= 15 is 0 Å². The lowest BCUT2D eigenvalue weighted by molar-refractivity contribution is -0.149. The van der Waals surface area contributed by atoms with Crippen molar-refractivity contribution in [3.8, 4) is 5.75 Å². The largest absolute Gasteiger partial charge is 0.508 e. The number of hydrogen-bond donors (Lipinski definition) is 16. The number of nitrogens with zero attached hydrogens (tertiary/aromatic N) is 2. The number of aliphatic carboxylic acids is 1. The van der Waals surface area contributed by atoms with Crippen molar-refractivity contribution in [2.75, 3.05) is 31.2 Å². The van der Waals surface area contributed by atoms with Crippen LogP contribution in [0.25, 0.3) is 0 Å². The molecule has 0 unspecified atom stereocenters. The Morgan fingerprint density at radius 2 is 1.11 bits per heavy atom. The van der Waals surface area contributed by atoms with Crippen molar-refractivity contribution >= 4 is 96.2 Å². The van der Waals surface area contributed by atoms with Gasteiger partial charge in [-0.05, 0) is 81.9 Å². The molecule has 458 valence electrons. The fraction of sp³-hybridized carbons (Fsp3) is 0.654. The molecule has 1 aromatic rings. The van der Waals surface area contributed by atoms with Crippen LogP contribution in [0, 0.1) is 11.8 Å². The Morgan fingerprint density at radius 3 is 1.65 bits per heavy atom. The summed E-state index contributed by atoms with van der Waals surface area (Å²) in [6, 6.07) is -8.78. The van der Waals surface area contributed by atoms with Gasteiger partial charge in [-0.25, -0.2) is 4.79 Å². The van der Waals surface area contributed by atoms with Crippen molar-refractivity contribution < 1.29 is 78.0 Å². The van der Waals surface area contributed by atoms with Gasteiger partial charge in [0.1, 0.15) is 66.2 Å². The summed E-state index contributed by atoms with van der Waals surface area (Å²) >= 11 is 8.29. The molecule has 2 heterocycles. The van der Waals surface area contributed by atoms with Crippen LogP contribution in [0.2, 0.25) is 0 Å². The Morgan fingerprint density at radius 1 is 0.622 bits per heavy atom. The number of carbonyl (C=O) groups excluding carboxylic acids is 11. The van der Waals surface area contributed by atoms with E-state index in [0.29, 0.717) is 31.2 Å². The van der Waals surface area contributed by atoms with Crippen LogP contribution in [0.3, 0.4) is 0 Å². The first kappa shape index (κ1) is 69.5. The van der Waals surface area contributed by atoms with Crippen molar-refractivity contribution in [2.24, 2.45) is 23.3 Å². The zero-order valence-electron chi connectivity index (χ0n) is 46.9. The van der Waals surface area contributed by atoms with Gasteiger partial charge in [0.15, 0.2) is 0 Å². The highest BCUT2D eigenvalue weighted by atomic mass is 32.1. The molecule has 28 nitrogen and oxygen atoms in total. The highest BCUT2D eigenvalue weighted by Crippen LogP contribution is 2.27. The number of aliphatic hydroxyl groups is 2. The fourth-order valence-electron chi connectivity index (χ4n) is 9.09. The number of phenolic OH excluding ortho intramolecular Hbond substituents is 1. The van der Waals surface area contributed by atoms with Crippen molar-refractivity contribution in [1.82, 2.24) is 52.3 Å². The lowest BCUT2D eigenvalue weighted by Crippen LogP contribution is -2.62. The number of likely N-dealkylation sites (tertiary alicyclic amines) is 2. The molecule has 0 saturated carbocycles. The predicted octanol–water partition coefficient (Wildman–Crippen LogP) is -4.18. The van der Waals surface area contributed by atoms with Crippen molar-refractivity contribution in [1.29, 1.82) is 0 Å². The topological polar surface area (TPSA) is 441 Å². The van der Waals surface area contributed by atoms with Crippen LogP contribution in [0.15, 0.2) is 24.3 Å². The third-order valence-electron chi connectivity index (χ3n) is 14.5. The Balaban J connectivity index is 1.68. The van der Waals surface area contributed by atoms with Gasteiger partial charge in [0.25, 0.3) is 0 Å². The molecule has 30 heteroatoms. The number of phenols is 1. The molecule has 0 radical (unpaired) electrons. The Hall–Kier alpha value is -6.76. The highest BCUT2D eigenvalue weighted by molar-refractivity contribution is 7.80. The average Bonchev–Trinajstić information content (AvgIpc) is 4.30. The molecule has 2 fully saturated rings. The van der Waals surface area contributed by atoms with Gasteiger partial charge in [-0.1, -0.05) is 52.7 Å². The predicted molar refractivity (Wildman–Crippen MR) is 302 cm³/mol. The molecule has 0 spiro atoms. The molecule has 0 aromatic heterocycles. The lowest BCUT2D eigenvalue weighted by atomic mass is 9.96. The van der Waals surface area contributed by atoms with Crippen LogP contribution >= 0.6 is 25.3 Å². The maximum Gasteiger partial charge on any atom is 0.326 e. The van der Waals surface area contributed by atoms with Gasteiger partial charge < -0.3 is 84.2 Å². The lowest BCUT2D eigenvalue weighted by Gasteiger charge is -2.35. The third-order valence-corrected chi connectivity index (χ3v) is 15.2. The summed E-state index contributed by atoms with van der Waals surface area (Å²) in [7, 11) is 0. The molecule has 3 rings (SSSR count). The monoisotopic (exact) mass is 1190 g/mol. The summed E-state index contributed by atoms with van der Waals surface area (Å²) in [4.78, 5) is 162. The molecule has 0 aliphatic carbocycles. The number of thiol groups is 2. The van der Waals surface area contributed by atoms with Gasteiger partial charge in [0.05, 0.1) is 18.8 Å². The summed E-state index contributed by atoms with van der Waals surface area (Å²) in [6.07, 6.45) is -0.211. The minimum absolute atomic E-state index is 0.0136. The molecule has 16 N–H and O–H groups in total. The maximum atomic E-state index is 14.5. The van der Waals surface area contributed by atoms with E-state index in [2.05, 4.69) is 67.8 Å². The molecule has 1 aromatic carbocycles. The van der Waals surface area contributed by atoms with Gasteiger partial charge in [0, 0.05) is 31.0 Å². The van der Waals surface area contributed by atoms with E-state index in [1.165, 1.54) is 35.8 Å². The second-order valence-corrected chi connectivity index (χ2v) is 21.4. The molecule has 2 saturated heterocycles. The standard InChI is InChI=1S/C52H82N12O16S2/c1-7-25(3)39(48(75)59-34(23-81)45(72)56-32(52(79)80)17-18-38(54)68)60-47(74)36-11-9-19-63(36)50(77)37-12-10-20-64(37)51(78)40(26(4)8-2)61-44(71)33(22-65)57-42(69)27(5)55-49(76)41(28(6)66)62-46(73)35(24-82)58-43(70)31(53)21-29-13-15-30(67)16-14-29/h13-16,25-28,31-37,39-41,65-67,81-82H,7-12,17-24,53H2,1-6H3,(H2,54,68)(H,55,76)(H,56,72)(H,57,69)(H,58,70)(H,59,75)(H,60,74)(H,61,71)(H,62,73)(H,79,80)/t25-,26-,27-,28+,31-,32-,33-,34-,35-,36-,37-,39-,40-,41-/m0/s1. The second kappa shape index (κ2) is 33.4. The number of hydrogen-bond acceptors (Lipinski definition) is 18. The van der Waals surface area contributed by atoms with Gasteiger partial charge in [-0.15, -0.1) is 0 Å². The zero-order chi connectivity index (χ0) is 61.7. The number of benzene rings is 1. The van der Waals surface area contributed by atoms with Crippen LogP contribution in [-0.2, 0) is 64.0 Å². The molecule has 2 aliphatic heterocycles.